The van der Waals surface area contributed by atoms with Crippen molar-refractivity contribution in [2.75, 3.05) is 19.8 Å². The maximum absolute atomic E-state index is 12.4. The molecule has 1 fully saturated rings. The Kier molecular flexibility index (Phi) is 9.01. The maximum atomic E-state index is 12.4. The lowest BCUT2D eigenvalue weighted by atomic mass is 10.3. The van der Waals surface area contributed by atoms with Gasteiger partial charge in [0.05, 0.1) is 16.0 Å². The topological polar surface area (TPSA) is 93.7 Å². The highest BCUT2D eigenvalue weighted by molar-refractivity contribution is 7.89. The van der Waals surface area contributed by atoms with Gasteiger partial charge in [-0.2, -0.15) is 0 Å². The van der Waals surface area contributed by atoms with Crippen molar-refractivity contribution in [3.63, 3.8) is 0 Å². The minimum Gasteiger partial charge on any atom is -0.482 e. The number of hydrogen-bond donors (Lipinski definition) is 2. The summed E-state index contributed by atoms with van der Waals surface area (Å²) in [5.41, 5.74) is 0. The van der Waals surface area contributed by atoms with E-state index in [-0.39, 0.29) is 40.3 Å². The predicted molar refractivity (Wildman–Crippen MR) is 108 cm³/mol. The number of hydrogen-bond acceptors (Lipinski definition) is 5. The lowest BCUT2D eigenvalue weighted by Gasteiger charge is -2.14. The van der Waals surface area contributed by atoms with Gasteiger partial charge < -0.3 is 14.8 Å². The molecule has 7 nitrogen and oxygen atoms in total. The van der Waals surface area contributed by atoms with Crippen molar-refractivity contribution in [1.29, 1.82) is 0 Å². The average Bonchev–Trinajstić information content (AvgIpc) is 3.12. The minimum atomic E-state index is -3.62. The molecular weight excluding hydrogens is 404 g/mol. The third-order valence-corrected chi connectivity index (χ3v) is 6.16. The van der Waals surface area contributed by atoms with Crippen LogP contribution in [0.1, 0.15) is 46.0 Å². The van der Waals surface area contributed by atoms with Crippen molar-refractivity contribution in [2.24, 2.45) is 0 Å². The second kappa shape index (κ2) is 11.0. The summed E-state index contributed by atoms with van der Waals surface area (Å²) in [6, 6.07) is 4.22. The van der Waals surface area contributed by atoms with Crippen LogP contribution in [0.3, 0.4) is 0 Å². The van der Waals surface area contributed by atoms with Crippen LogP contribution >= 0.6 is 11.6 Å². The number of sulfonamides is 1. The average molecular weight is 433 g/mol. The zero-order valence-electron chi connectivity index (χ0n) is 16.4. The summed E-state index contributed by atoms with van der Waals surface area (Å²) >= 11 is 6.15. The van der Waals surface area contributed by atoms with E-state index < -0.39 is 10.0 Å². The zero-order chi connectivity index (χ0) is 20.6. The summed E-state index contributed by atoms with van der Waals surface area (Å²) in [6.45, 7) is 4.79. The van der Waals surface area contributed by atoms with Crippen molar-refractivity contribution in [2.45, 2.75) is 63.0 Å². The van der Waals surface area contributed by atoms with E-state index in [1.807, 2.05) is 13.8 Å². The van der Waals surface area contributed by atoms with E-state index >= 15 is 0 Å². The monoisotopic (exact) mass is 432 g/mol. The summed E-state index contributed by atoms with van der Waals surface area (Å²) in [5, 5.41) is 2.87. The molecule has 0 bridgehead atoms. The third-order valence-electron chi connectivity index (χ3n) is 4.34. The van der Waals surface area contributed by atoms with Crippen molar-refractivity contribution in [3.05, 3.63) is 23.2 Å². The van der Waals surface area contributed by atoms with Crippen molar-refractivity contribution >= 4 is 27.5 Å². The van der Waals surface area contributed by atoms with Crippen LogP contribution in [0.4, 0.5) is 0 Å². The SMILES string of the molecule is CC(C)OCCCNC(=O)COc1ccc(S(=O)(=O)NC2CCCC2)cc1Cl. The van der Waals surface area contributed by atoms with Crippen LogP contribution in [0, 0.1) is 0 Å². The Hall–Kier alpha value is -1.35. The molecule has 0 radical (unpaired) electrons. The van der Waals surface area contributed by atoms with Gasteiger partial charge in [-0.1, -0.05) is 24.4 Å². The van der Waals surface area contributed by atoms with E-state index in [0.29, 0.717) is 19.6 Å². The summed E-state index contributed by atoms with van der Waals surface area (Å²) in [7, 11) is -3.62. The standard InChI is InChI=1S/C19H29ClN2O5S/c1-14(2)26-11-5-10-21-19(23)13-27-18-9-8-16(12-17(18)20)28(24,25)22-15-6-3-4-7-15/h8-9,12,14-15,22H,3-7,10-11,13H2,1-2H3,(H,21,23). The molecule has 1 aliphatic rings. The molecular formula is C19H29ClN2O5S. The zero-order valence-corrected chi connectivity index (χ0v) is 17.9. The summed E-state index contributed by atoms with van der Waals surface area (Å²) < 4.78 is 38.4. The first kappa shape index (κ1) is 22.9. The molecule has 1 saturated carbocycles. The molecule has 1 amide bonds. The van der Waals surface area contributed by atoms with Crippen LogP contribution in [0.15, 0.2) is 23.1 Å². The second-order valence-corrected chi connectivity index (χ2v) is 9.23. The highest BCUT2D eigenvalue weighted by atomic mass is 35.5. The van der Waals surface area contributed by atoms with Gasteiger partial charge in [0.25, 0.3) is 5.91 Å². The Morgan fingerprint density at radius 1 is 1.29 bits per heavy atom. The highest BCUT2D eigenvalue weighted by Crippen LogP contribution is 2.28. The van der Waals surface area contributed by atoms with E-state index in [9.17, 15) is 13.2 Å². The number of carbonyl (C=O) groups excluding carboxylic acids is 1. The lowest BCUT2D eigenvalue weighted by Crippen LogP contribution is -2.32. The van der Waals surface area contributed by atoms with Crippen LogP contribution < -0.4 is 14.8 Å². The fourth-order valence-electron chi connectivity index (χ4n) is 2.91. The Morgan fingerprint density at radius 3 is 2.64 bits per heavy atom. The fourth-order valence-corrected chi connectivity index (χ4v) is 4.54. The van der Waals surface area contributed by atoms with Gasteiger partial charge in [0, 0.05) is 19.2 Å². The molecule has 0 aromatic heterocycles. The first-order chi connectivity index (χ1) is 13.3. The quantitative estimate of drug-likeness (QED) is 0.524. The molecule has 1 aliphatic carbocycles. The van der Waals surface area contributed by atoms with Gasteiger partial charge in [0.1, 0.15) is 5.75 Å². The Morgan fingerprint density at radius 2 is 2.00 bits per heavy atom. The normalized spacial score (nSPS) is 15.1. The molecule has 1 aromatic rings. The Bertz CT molecular complexity index is 749. The van der Waals surface area contributed by atoms with Crippen molar-refractivity contribution < 1.29 is 22.7 Å². The molecule has 0 heterocycles. The third kappa shape index (κ3) is 7.58. The van der Waals surface area contributed by atoms with Crippen LogP contribution in [-0.2, 0) is 19.6 Å². The molecule has 0 unspecified atom stereocenters. The van der Waals surface area contributed by atoms with Gasteiger partial charge in [-0.15, -0.1) is 0 Å². The molecule has 2 rings (SSSR count). The number of halogens is 1. The highest BCUT2D eigenvalue weighted by Gasteiger charge is 2.23. The van der Waals surface area contributed by atoms with Crippen LogP contribution in [0.25, 0.3) is 0 Å². The number of rotatable bonds is 11. The Balaban J connectivity index is 1.81. The molecule has 2 N–H and O–H groups in total. The smallest absolute Gasteiger partial charge is 0.257 e. The van der Waals surface area contributed by atoms with E-state index in [0.717, 1.165) is 25.7 Å². The molecule has 0 atom stereocenters. The van der Waals surface area contributed by atoms with Gasteiger partial charge in [-0.05, 0) is 51.3 Å². The number of ether oxygens (including phenoxy) is 2. The maximum Gasteiger partial charge on any atom is 0.257 e. The molecule has 28 heavy (non-hydrogen) atoms. The molecule has 1 aromatic carbocycles. The van der Waals surface area contributed by atoms with Gasteiger partial charge in [0.15, 0.2) is 6.61 Å². The summed E-state index contributed by atoms with van der Waals surface area (Å²) in [6.07, 6.45) is 4.66. The van der Waals surface area contributed by atoms with Gasteiger partial charge in [-0.25, -0.2) is 13.1 Å². The molecule has 0 saturated heterocycles. The van der Waals surface area contributed by atoms with E-state index in [4.69, 9.17) is 21.1 Å². The van der Waals surface area contributed by atoms with E-state index in [2.05, 4.69) is 10.0 Å². The second-order valence-electron chi connectivity index (χ2n) is 7.11. The first-order valence-electron chi connectivity index (χ1n) is 9.61. The molecule has 158 valence electrons. The largest absolute Gasteiger partial charge is 0.482 e. The molecule has 9 heteroatoms. The van der Waals surface area contributed by atoms with Gasteiger partial charge in [-0.3, -0.25) is 4.79 Å². The van der Waals surface area contributed by atoms with E-state index in [1.54, 1.807) is 0 Å². The number of carbonyl (C=O) groups is 1. The summed E-state index contributed by atoms with van der Waals surface area (Å²) in [5.74, 6) is -0.0139. The van der Waals surface area contributed by atoms with Crippen LogP contribution in [0.2, 0.25) is 5.02 Å². The first-order valence-corrected chi connectivity index (χ1v) is 11.5. The Labute approximate surface area is 172 Å². The van der Waals surface area contributed by atoms with Crippen LogP contribution in [-0.4, -0.2) is 46.2 Å². The fraction of sp³-hybridized carbons (Fsp3) is 0.632. The van der Waals surface area contributed by atoms with Crippen LogP contribution in [0.5, 0.6) is 5.75 Å². The van der Waals surface area contributed by atoms with Crippen molar-refractivity contribution in [1.82, 2.24) is 10.0 Å². The van der Waals surface area contributed by atoms with Gasteiger partial charge in [0.2, 0.25) is 10.0 Å². The number of nitrogens with one attached hydrogen (secondary N) is 2. The van der Waals surface area contributed by atoms with Gasteiger partial charge >= 0.3 is 0 Å². The summed E-state index contributed by atoms with van der Waals surface area (Å²) in [4.78, 5) is 11.9. The number of amides is 1. The number of benzene rings is 1. The molecule has 0 spiro atoms. The lowest BCUT2D eigenvalue weighted by molar-refractivity contribution is -0.123. The molecule has 0 aliphatic heterocycles. The minimum absolute atomic E-state index is 0.0191. The van der Waals surface area contributed by atoms with Crippen molar-refractivity contribution in [3.8, 4) is 5.75 Å². The predicted octanol–water partition coefficient (Wildman–Crippen LogP) is 2.87. The van der Waals surface area contributed by atoms with E-state index in [1.165, 1.54) is 18.2 Å².